The fourth-order valence-electron chi connectivity index (χ4n) is 6.26. The van der Waals surface area contributed by atoms with Gasteiger partial charge in [-0.25, -0.2) is 14.0 Å². The quantitative estimate of drug-likeness (QED) is 0.473. The molecule has 3 heterocycles. The highest BCUT2D eigenvalue weighted by atomic mass is 35.5. The number of anilines is 1. The van der Waals surface area contributed by atoms with Crippen LogP contribution in [0.4, 0.5) is 19.7 Å². The molecule has 2 fully saturated rings. The molecule has 44 heavy (non-hydrogen) atoms. The van der Waals surface area contributed by atoms with Crippen molar-refractivity contribution >= 4 is 41.2 Å². The number of carbonyl (C=O) groups is 4. The zero-order valence-electron chi connectivity index (χ0n) is 25.1. The van der Waals surface area contributed by atoms with Gasteiger partial charge in [0.05, 0.1) is 30.7 Å². The first-order valence-electron chi connectivity index (χ1n) is 14.7. The highest BCUT2D eigenvalue weighted by molar-refractivity contribution is 6.32. The van der Waals surface area contributed by atoms with Gasteiger partial charge in [0.1, 0.15) is 18.1 Å². The molecule has 1 N–H and O–H groups in total. The Labute approximate surface area is 260 Å². The molecule has 11 nitrogen and oxygen atoms in total. The Balaban J connectivity index is 1.25. The van der Waals surface area contributed by atoms with Crippen LogP contribution < -0.4 is 10.1 Å². The second-order valence-electron chi connectivity index (χ2n) is 11.4. The highest BCUT2D eigenvalue weighted by Crippen LogP contribution is 2.33. The monoisotopic (exact) mass is 629 g/mol. The first-order chi connectivity index (χ1) is 21.1. The molecule has 6 amide bonds. The van der Waals surface area contributed by atoms with Crippen LogP contribution in [0.5, 0.6) is 5.75 Å². The Morgan fingerprint density at radius 2 is 1.86 bits per heavy atom. The van der Waals surface area contributed by atoms with Gasteiger partial charge in [0, 0.05) is 45.0 Å². The Bertz CT molecular complexity index is 1430. The lowest BCUT2D eigenvalue weighted by molar-refractivity contribution is -0.139. The van der Waals surface area contributed by atoms with Gasteiger partial charge in [-0.15, -0.1) is 0 Å². The van der Waals surface area contributed by atoms with Crippen molar-refractivity contribution in [2.24, 2.45) is 0 Å². The molecule has 0 aromatic heterocycles. The zero-order chi connectivity index (χ0) is 31.5. The van der Waals surface area contributed by atoms with Gasteiger partial charge < -0.3 is 29.5 Å². The van der Waals surface area contributed by atoms with Gasteiger partial charge in [-0.2, -0.15) is 0 Å². The smallest absolute Gasteiger partial charge is 0.327 e. The van der Waals surface area contributed by atoms with Crippen molar-refractivity contribution in [1.29, 1.82) is 0 Å². The van der Waals surface area contributed by atoms with E-state index in [0.717, 1.165) is 21.9 Å². The minimum atomic E-state index is -0.945. The number of fused-ring (bicyclic) bond motifs is 1. The number of nitrogens with one attached hydrogen (secondary N) is 1. The number of ether oxygens (including phenoxy) is 2. The van der Waals surface area contributed by atoms with E-state index >= 15 is 0 Å². The lowest BCUT2D eigenvalue weighted by Gasteiger charge is -2.42. The van der Waals surface area contributed by atoms with Crippen molar-refractivity contribution < 1.29 is 33.0 Å². The Morgan fingerprint density at radius 3 is 2.57 bits per heavy atom. The minimum Gasteiger partial charge on any atom is -0.497 e. The Hall–Kier alpha value is -3.90. The third-order valence-corrected chi connectivity index (χ3v) is 9.04. The van der Waals surface area contributed by atoms with Crippen LogP contribution in [-0.4, -0.2) is 109 Å². The lowest BCUT2D eigenvalue weighted by atomic mass is 9.94. The molecule has 236 valence electrons. The third-order valence-electron chi connectivity index (χ3n) is 8.64. The van der Waals surface area contributed by atoms with Gasteiger partial charge in [0.25, 0.3) is 0 Å². The topological polar surface area (TPSA) is 112 Å². The molecule has 2 aromatic rings. The molecule has 0 bridgehead atoms. The summed E-state index contributed by atoms with van der Waals surface area (Å²) in [6.45, 7) is 2.78. The predicted molar refractivity (Wildman–Crippen MR) is 161 cm³/mol. The van der Waals surface area contributed by atoms with Gasteiger partial charge in [-0.1, -0.05) is 23.7 Å². The molecule has 3 aliphatic heterocycles. The molecule has 0 saturated carbocycles. The number of benzene rings is 2. The first-order valence-corrected chi connectivity index (χ1v) is 15.1. The van der Waals surface area contributed by atoms with Crippen LogP contribution in [0.15, 0.2) is 36.4 Å². The normalized spacial score (nSPS) is 20.3. The van der Waals surface area contributed by atoms with E-state index in [2.05, 4.69) is 5.32 Å². The molecular formula is C31H37ClFN5O6. The van der Waals surface area contributed by atoms with E-state index in [4.69, 9.17) is 21.1 Å². The van der Waals surface area contributed by atoms with Gasteiger partial charge in [0.15, 0.2) is 0 Å². The lowest BCUT2D eigenvalue weighted by Crippen LogP contribution is -2.61. The molecule has 0 aliphatic carbocycles. The van der Waals surface area contributed by atoms with Gasteiger partial charge >= 0.3 is 12.1 Å². The molecule has 0 spiro atoms. The molecule has 0 radical (unpaired) electrons. The third kappa shape index (κ3) is 6.32. The fourth-order valence-corrected chi connectivity index (χ4v) is 6.52. The number of methoxy groups -OCH3 is 2. The standard InChI is InChI=1S/C31H37ClFN5O6/c1-19(18-43-2)38-29(40)24(23-5-4-6-25(33)28(23)32)16-36(31(38)42)17-27(39)35-12-10-21(11-13-35)37-14-9-20-15-22(44-3)7-8-26(20)34-30(37)41/h4-8,15,19,21,24H,9-14,16-18H2,1-3H3,(H,34,41)/t19-,24?/m0/s1. The van der Waals surface area contributed by atoms with Crippen LogP contribution in [0.2, 0.25) is 5.02 Å². The van der Waals surface area contributed by atoms with E-state index in [0.29, 0.717) is 38.9 Å². The van der Waals surface area contributed by atoms with E-state index in [-0.39, 0.29) is 48.3 Å². The summed E-state index contributed by atoms with van der Waals surface area (Å²) in [7, 11) is 3.07. The molecule has 5 rings (SSSR count). The van der Waals surface area contributed by atoms with Crippen LogP contribution in [0, 0.1) is 5.82 Å². The van der Waals surface area contributed by atoms with Crippen molar-refractivity contribution in [3.63, 3.8) is 0 Å². The van der Waals surface area contributed by atoms with Crippen molar-refractivity contribution in [3.8, 4) is 5.75 Å². The number of amides is 6. The molecular weight excluding hydrogens is 593 g/mol. The second-order valence-corrected chi connectivity index (χ2v) is 11.8. The van der Waals surface area contributed by atoms with Crippen LogP contribution >= 0.6 is 11.6 Å². The number of hydrogen-bond acceptors (Lipinski definition) is 6. The largest absolute Gasteiger partial charge is 0.497 e. The summed E-state index contributed by atoms with van der Waals surface area (Å²) >= 11 is 6.24. The molecule has 2 atom stereocenters. The Kier molecular flexibility index (Phi) is 9.59. The molecule has 2 aromatic carbocycles. The summed E-state index contributed by atoms with van der Waals surface area (Å²) < 4.78 is 24.8. The Morgan fingerprint density at radius 1 is 1.11 bits per heavy atom. The van der Waals surface area contributed by atoms with Crippen molar-refractivity contribution in [3.05, 3.63) is 58.4 Å². The highest BCUT2D eigenvalue weighted by Gasteiger charge is 2.44. The van der Waals surface area contributed by atoms with E-state index in [1.165, 1.54) is 24.1 Å². The maximum atomic E-state index is 14.3. The molecule has 2 saturated heterocycles. The summed E-state index contributed by atoms with van der Waals surface area (Å²) in [5, 5.41) is 2.81. The summed E-state index contributed by atoms with van der Waals surface area (Å²) in [6.07, 6.45) is 1.85. The van der Waals surface area contributed by atoms with Gasteiger partial charge in [-0.3, -0.25) is 14.5 Å². The van der Waals surface area contributed by atoms with E-state index in [9.17, 15) is 23.6 Å². The summed E-state index contributed by atoms with van der Waals surface area (Å²) in [6, 6.07) is 8.36. The number of hydrogen-bond donors (Lipinski definition) is 1. The van der Waals surface area contributed by atoms with E-state index in [1.807, 2.05) is 23.1 Å². The summed E-state index contributed by atoms with van der Waals surface area (Å²) in [4.78, 5) is 59.5. The molecule has 1 unspecified atom stereocenters. The average molecular weight is 630 g/mol. The minimum absolute atomic E-state index is 0.0469. The van der Waals surface area contributed by atoms with E-state index in [1.54, 1.807) is 25.0 Å². The number of urea groups is 2. The van der Waals surface area contributed by atoms with Gasteiger partial charge in [0.2, 0.25) is 11.8 Å². The number of halogens is 2. The number of imide groups is 1. The van der Waals surface area contributed by atoms with Crippen molar-refractivity contribution in [2.45, 2.75) is 44.2 Å². The molecule has 13 heteroatoms. The maximum Gasteiger partial charge on any atom is 0.327 e. The van der Waals surface area contributed by atoms with Crippen LogP contribution in [0.25, 0.3) is 0 Å². The fraction of sp³-hybridized carbons (Fsp3) is 0.484. The van der Waals surface area contributed by atoms with Crippen LogP contribution in [0.3, 0.4) is 0 Å². The van der Waals surface area contributed by atoms with Gasteiger partial charge in [-0.05, 0) is 61.6 Å². The number of rotatable bonds is 8. The number of carbonyl (C=O) groups excluding carboxylic acids is 4. The zero-order valence-corrected chi connectivity index (χ0v) is 25.8. The number of piperidine rings is 1. The number of likely N-dealkylation sites (tertiary alicyclic amines) is 1. The van der Waals surface area contributed by atoms with Crippen LogP contribution in [0.1, 0.15) is 36.8 Å². The van der Waals surface area contributed by atoms with E-state index < -0.39 is 29.7 Å². The predicted octanol–water partition coefficient (Wildman–Crippen LogP) is 3.95. The van der Waals surface area contributed by atoms with Crippen LogP contribution in [-0.2, 0) is 20.7 Å². The summed E-state index contributed by atoms with van der Waals surface area (Å²) in [5.74, 6) is -1.67. The first kappa shape index (κ1) is 31.5. The molecule has 3 aliphatic rings. The number of nitrogens with zero attached hydrogens (tertiary/aromatic N) is 4. The summed E-state index contributed by atoms with van der Waals surface area (Å²) in [5.41, 5.74) is 2.03. The second kappa shape index (κ2) is 13.4. The maximum absolute atomic E-state index is 14.3. The van der Waals surface area contributed by atoms with Crippen molar-refractivity contribution in [1.82, 2.24) is 19.6 Å². The average Bonchev–Trinajstić information content (AvgIpc) is 3.17. The van der Waals surface area contributed by atoms with Crippen molar-refractivity contribution in [2.75, 3.05) is 58.9 Å². The SMILES string of the molecule is COC[C@H](C)N1C(=O)C(c2cccc(F)c2Cl)CN(CC(=O)N2CCC(N3CCc4cc(OC)ccc4NC3=O)CC2)C1=O.